The molecule has 1 aromatic carbocycles. The zero-order chi connectivity index (χ0) is 15.7. The third-order valence-corrected chi connectivity index (χ3v) is 2.95. The number of esters is 1. The van der Waals surface area contributed by atoms with Crippen molar-refractivity contribution in [1.82, 2.24) is 9.78 Å². The van der Waals surface area contributed by atoms with E-state index in [0.717, 1.165) is 4.68 Å². The van der Waals surface area contributed by atoms with Gasteiger partial charge in [0.2, 0.25) is 0 Å². The standard InChI is InChI=1S/C14H13F3N2O2/c1-7(2)12-9(14(20)21-3)6-18-19(12)13-10(16)4-8(15)5-11(13)17/h4-7H,1-3H3. The summed E-state index contributed by atoms with van der Waals surface area (Å²) in [4.78, 5) is 11.7. The molecular weight excluding hydrogens is 285 g/mol. The van der Waals surface area contributed by atoms with E-state index < -0.39 is 29.1 Å². The van der Waals surface area contributed by atoms with Gasteiger partial charge in [0, 0.05) is 12.1 Å². The van der Waals surface area contributed by atoms with Gasteiger partial charge in [-0.1, -0.05) is 13.8 Å². The number of hydrogen-bond acceptors (Lipinski definition) is 3. The van der Waals surface area contributed by atoms with Crippen LogP contribution in [0.25, 0.3) is 5.69 Å². The van der Waals surface area contributed by atoms with Crippen molar-refractivity contribution in [3.05, 3.63) is 47.0 Å². The number of halogens is 3. The summed E-state index contributed by atoms with van der Waals surface area (Å²) in [5.41, 5.74) is -0.142. The fourth-order valence-electron chi connectivity index (χ4n) is 2.10. The molecule has 7 heteroatoms. The predicted octanol–water partition coefficient (Wildman–Crippen LogP) is 3.20. The van der Waals surface area contributed by atoms with E-state index in [0.29, 0.717) is 12.1 Å². The molecule has 0 aliphatic carbocycles. The monoisotopic (exact) mass is 298 g/mol. The highest BCUT2D eigenvalue weighted by Crippen LogP contribution is 2.27. The Bertz CT molecular complexity index is 673. The molecule has 2 rings (SSSR count). The van der Waals surface area contributed by atoms with E-state index >= 15 is 0 Å². The highest BCUT2D eigenvalue weighted by atomic mass is 19.1. The lowest BCUT2D eigenvalue weighted by atomic mass is 10.1. The Kier molecular flexibility index (Phi) is 4.02. The van der Waals surface area contributed by atoms with Crippen LogP contribution in [-0.4, -0.2) is 22.9 Å². The molecule has 0 saturated heterocycles. The normalized spacial score (nSPS) is 11.0. The zero-order valence-corrected chi connectivity index (χ0v) is 11.7. The number of hydrogen-bond donors (Lipinski definition) is 0. The Morgan fingerprint density at radius 3 is 2.29 bits per heavy atom. The summed E-state index contributed by atoms with van der Waals surface area (Å²) in [6, 6.07) is 1.12. The Morgan fingerprint density at radius 1 is 1.24 bits per heavy atom. The first-order valence-electron chi connectivity index (χ1n) is 6.18. The minimum absolute atomic E-state index is 0.107. The number of rotatable bonds is 3. The van der Waals surface area contributed by atoms with Crippen LogP contribution in [0.5, 0.6) is 0 Å². The Balaban J connectivity index is 2.71. The van der Waals surface area contributed by atoms with Crippen LogP contribution in [0.1, 0.15) is 35.8 Å². The minimum atomic E-state index is -1.10. The number of nitrogens with zero attached hydrogens (tertiary/aromatic N) is 2. The van der Waals surface area contributed by atoms with Crippen molar-refractivity contribution in [3.8, 4) is 5.69 Å². The van der Waals surface area contributed by atoms with Crippen LogP contribution < -0.4 is 0 Å². The summed E-state index contributed by atoms with van der Waals surface area (Å²) >= 11 is 0. The molecule has 0 unspecified atom stereocenters. The SMILES string of the molecule is COC(=O)c1cnn(-c2c(F)cc(F)cc2F)c1C(C)C. The topological polar surface area (TPSA) is 44.1 Å². The second-order valence-electron chi connectivity index (χ2n) is 4.72. The molecule has 0 spiro atoms. The van der Waals surface area contributed by atoms with Crippen LogP contribution in [0.2, 0.25) is 0 Å². The molecule has 112 valence electrons. The molecule has 0 saturated carbocycles. The highest BCUT2D eigenvalue weighted by Gasteiger charge is 2.25. The molecule has 21 heavy (non-hydrogen) atoms. The number of aromatic nitrogens is 2. The summed E-state index contributed by atoms with van der Waals surface area (Å²) in [5.74, 6) is -4.15. The molecular formula is C14H13F3N2O2. The molecule has 1 heterocycles. The average Bonchev–Trinajstić information content (AvgIpc) is 2.81. The second kappa shape index (κ2) is 5.59. The van der Waals surface area contributed by atoms with Gasteiger partial charge >= 0.3 is 5.97 Å². The third-order valence-electron chi connectivity index (χ3n) is 2.95. The lowest BCUT2D eigenvalue weighted by Crippen LogP contribution is -2.12. The maximum absolute atomic E-state index is 13.9. The molecule has 0 fully saturated rings. The fraction of sp³-hybridized carbons (Fsp3) is 0.286. The number of methoxy groups -OCH3 is 1. The van der Waals surface area contributed by atoms with Gasteiger partial charge in [-0.2, -0.15) is 5.10 Å². The smallest absolute Gasteiger partial charge is 0.341 e. The van der Waals surface area contributed by atoms with Crippen molar-refractivity contribution in [2.24, 2.45) is 0 Å². The first-order valence-corrected chi connectivity index (χ1v) is 6.18. The third kappa shape index (κ3) is 2.63. The molecule has 0 bridgehead atoms. The van der Waals surface area contributed by atoms with Gasteiger partial charge in [-0.3, -0.25) is 0 Å². The summed E-state index contributed by atoms with van der Waals surface area (Å²) in [7, 11) is 1.20. The molecule has 4 nitrogen and oxygen atoms in total. The first kappa shape index (κ1) is 15.1. The van der Waals surface area contributed by atoms with Crippen LogP contribution >= 0.6 is 0 Å². The van der Waals surface area contributed by atoms with Crippen LogP contribution in [0.15, 0.2) is 18.3 Å². The molecule has 0 amide bonds. The predicted molar refractivity (Wildman–Crippen MR) is 68.9 cm³/mol. The summed E-state index contributed by atoms with van der Waals surface area (Å²) < 4.78 is 46.3. The second-order valence-corrected chi connectivity index (χ2v) is 4.72. The van der Waals surface area contributed by atoms with E-state index in [1.807, 2.05) is 0 Å². The van der Waals surface area contributed by atoms with Gasteiger partial charge in [-0.15, -0.1) is 0 Å². The molecule has 1 aromatic heterocycles. The fourth-order valence-corrected chi connectivity index (χ4v) is 2.10. The van der Waals surface area contributed by atoms with E-state index in [4.69, 9.17) is 0 Å². The van der Waals surface area contributed by atoms with Crippen LogP contribution in [0.4, 0.5) is 13.2 Å². The maximum Gasteiger partial charge on any atom is 0.341 e. The van der Waals surface area contributed by atoms with Crippen LogP contribution in [-0.2, 0) is 4.74 Å². The van der Waals surface area contributed by atoms with Crippen molar-refractivity contribution >= 4 is 5.97 Å². The molecule has 0 aliphatic rings. The highest BCUT2D eigenvalue weighted by molar-refractivity contribution is 5.90. The zero-order valence-electron chi connectivity index (χ0n) is 11.7. The van der Waals surface area contributed by atoms with E-state index in [2.05, 4.69) is 9.84 Å². The number of ether oxygens (including phenoxy) is 1. The first-order chi connectivity index (χ1) is 9.86. The van der Waals surface area contributed by atoms with E-state index in [1.165, 1.54) is 13.3 Å². The van der Waals surface area contributed by atoms with E-state index in [-0.39, 0.29) is 17.2 Å². The number of benzene rings is 1. The van der Waals surface area contributed by atoms with Gasteiger partial charge in [0.05, 0.1) is 19.0 Å². The lowest BCUT2D eigenvalue weighted by molar-refractivity contribution is 0.0599. The molecule has 2 aromatic rings. The van der Waals surface area contributed by atoms with Crippen molar-refractivity contribution < 1.29 is 22.7 Å². The largest absolute Gasteiger partial charge is 0.465 e. The quantitative estimate of drug-likeness (QED) is 0.817. The summed E-state index contributed by atoms with van der Waals surface area (Å²) in [6.07, 6.45) is 1.17. The minimum Gasteiger partial charge on any atom is -0.465 e. The lowest BCUT2D eigenvalue weighted by Gasteiger charge is -2.13. The van der Waals surface area contributed by atoms with Gasteiger partial charge in [-0.25, -0.2) is 22.6 Å². The molecule has 0 atom stereocenters. The Hall–Kier alpha value is -2.31. The van der Waals surface area contributed by atoms with Crippen molar-refractivity contribution in [2.75, 3.05) is 7.11 Å². The average molecular weight is 298 g/mol. The Labute approximate surface area is 119 Å². The van der Waals surface area contributed by atoms with Crippen LogP contribution in [0.3, 0.4) is 0 Å². The Morgan fingerprint density at radius 2 is 1.81 bits per heavy atom. The summed E-state index contributed by atoms with van der Waals surface area (Å²) in [5, 5.41) is 3.84. The maximum atomic E-state index is 13.9. The van der Waals surface area contributed by atoms with Crippen LogP contribution in [0, 0.1) is 17.5 Å². The van der Waals surface area contributed by atoms with Gasteiger partial charge in [0.25, 0.3) is 0 Å². The van der Waals surface area contributed by atoms with Crippen molar-refractivity contribution in [3.63, 3.8) is 0 Å². The molecule has 0 N–H and O–H groups in total. The number of carbonyl (C=O) groups excluding carboxylic acids is 1. The van der Waals surface area contributed by atoms with E-state index in [9.17, 15) is 18.0 Å². The van der Waals surface area contributed by atoms with E-state index in [1.54, 1.807) is 13.8 Å². The van der Waals surface area contributed by atoms with Gasteiger partial charge in [0.15, 0.2) is 11.6 Å². The number of carbonyl (C=O) groups is 1. The van der Waals surface area contributed by atoms with Gasteiger partial charge < -0.3 is 4.74 Å². The molecule has 0 aliphatic heterocycles. The van der Waals surface area contributed by atoms with Gasteiger partial charge in [0.1, 0.15) is 17.1 Å². The summed E-state index contributed by atoms with van der Waals surface area (Å²) in [6.45, 7) is 3.47. The van der Waals surface area contributed by atoms with Crippen molar-refractivity contribution in [1.29, 1.82) is 0 Å². The molecule has 0 radical (unpaired) electrons. The van der Waals surface area contributed by atoms with Gasteiger partial charge in [-0.05, 0) is 5.92 Å². The van der Waals surface area contributed by atoms with Crippen molar-refractivity contribution in [2.45, 2.75) is 19.8 Å².